The fourth-order valence-corrected chi connectivity index (χ4v) is 1.88. The van der Waals surface area contributed by atoms with Crippen LogP contribution in [0.2, 0.25) is 0 Å². The number of hydrogen-bond donors (Lipinski definition) is 0. The lowest BCUT2D eigenvalue weighted by molar-refractivity contribution is -0.130. The molecule has 3 heteroatoms. The largest absolute Gasteiger partial charge is 0.341 e. The Hall–Kier alpha value is -0.570. The van der Waals surface area contributed by atoms with E-state index in [4.69, 9.17) is 0 Å². The summed E-state index contributed by atoms with van der Waals surface area (Å²) in [6, 6.07) is 0.570. The van der Waals surface area contributed by atoms with E-state index in [0.29, 0.717) is 11.9 Å². The average Bonchev–Trinajstić information content (AvgIpc) is 2.78. The van der Waals surface area contributed by atoms with Crippen molar-refractivity contribution in [1.29, 1.82) is 0 Å². The highest BCUT2D eigenvalue weighted by Gasteiger charge is 2.26. The van der Waals surface area contributed by atoms with E-state index in [-0.39, 0.29) is 0 Å². The van der Waals surface area contributed by atoms with Gasteiger partial charge in [-0.05, 0) is 26.9 Å². The van der Waals surface area contributed by atoms with Crippen LogP contribution in [0.5, 0.6) is 0 Å². The minimum atomic E-state index is 0.344. The van der Waals surface area contributed by atoms with Gasteiger partial charge >= 0.3 is 0 Å². The Bertz CT molecular complexity index is 192. The fraction of sp³-hybridized carbons (Fsp3) is 0.923. The third-order valence-corrected chi connectivity index (χ3v) is 2.99. The first-order chi connectivity index (χ1) is 7.65. The molecule has 1 rings (SSSR count). The topological polar surface area (TPSA) is 23.6 Å². The van der Waals surface area contributed by atoms with Crippen LogP contribution in [-0.4, -0.2) is 48.9 Å². The molecule has 0 aromatic carbocycles. The molecular formula is C13H28N2O. The molecule has 1 aliphatic rings. The van der Waals surface area contributed by atoms with E-state index in [9.17, 15) is 4.79 Å². The normalized spacial score (nSPS) is 19.6. The van der Waals surface area contributed by atoms with Gasteiger partial charge in [0.15, 0.2) is 0 Å². The van der Waals surface area contributed by atoms with Gasteiger partial charge in [0.1, 0.15) is 0 Å². The summed E-state index contributed by atoms with van der Waals surface area (Å²) >= 11 is 0. The van der Waals surface area contributed by atoms with Crippen molar-refractivity contribution in [3.63, 3.8) is 0 Å². The second kappa shape index (κ2) is 8.57. The molecule has 0 saturated carbocycles. The van der Waals surface area contributed by atoms with Crippen molar-refractivity contribution < 1.29 is 4.79 Å². The molecule has 0 aliphatic carbocycles. The van der Waals surface area contributed by atoms with E-state index >= 15 is 0 Å². The molecule has 0 spiro atoms. The molecule has 0 aromatic rings. The predicted molar refractivity (Wildman–Crippen MR) is 69.5 cm³/mol. The van der Waals surface area contributed by atoms with Gasteiger partial charge in [0.05, 0.1) is 0 Å². The van der Waals surface area contributed by atoms with Gasteiger partial charge in [-0.2, -0.15) is 0 Å². The minimum absolute atomic E-state index is 0.344. The summed E-state index contributed by atoms with van der Waals surface area (Å²) in [5.41, 5.74) is 0. The zero-order chi connectivity index (χ0) is 12.6. The van der Waals surface area contributed by atoms with Gasteiger partial charge in [0.2, 0.25) is 5.91 Å². The molecule has 96 valence electrons. The number of unbranched alkanes of at least 4 members (excludes halogenated alkanes) is 1. The summed E-state index contributed by atoms with van der Waals surface area (Å²) in [6.45, 7) is 8.00. The van der Waals surface area contributed by atoms with E-state index in [0.717, 1.165) is 38.8 Å². The Morgan fingerprint density at radius 2 is 2.00 bits per heavy atom. The van der Waals surface area contributed by atoms with Gasteiger partial charge in [-0.3, -0.25) is 4.79 Å². The maximum atomic E-state index is 11.7. The summed E-state index contributed by atoms with van der Waals surface area (Å²) in [5.74, 6) is 0.344. The molecule has 16 heavy (non-hydrogen) atoms. The van der Waals surface area contributed by atoms with E-state index in [1.807, 2.05) is 18.7 Å². The highest BCUT2D eigenvalue weighted by atomic mass is 16.2. The molecule has 1 atom stereocenters. The molecule has 0 radical (unpaired) electrons. The monoisotopic (exact) mass is 228 g/mol. The van der Waals surface area contributed by atoms with Crippen molar-refractivity contribution >= 4 is 5.91 Å². The number of amides is 1. The number of carbonyl (C=O) groups excluding carboxylic acids is 1. The molecule has 1 heterocycles. The van der Waals surface area contributed by atoms with Gasteiger partial charge in [0.25, 0.3) is 0 Å². The van der Waals surface area contributed by atoms with Crippen LogP contribution in [-0.2, 0) is 4.79 Å². The smallest absolute Gasteiger partial charge is 0.222 e. The lowest BCUT2D eigenvalue weighted by Gasteiger charge is -2.20. The van der Waals surface area contributed by atoms with Crippen LogP contribution in [0.15, 0.2) is 0 Å². The van der Waals surface area contributed by atoms with Gasteiger partial charge < -0.3 is 9.80 Å². The molecule has 0 N–H and O–H groups in total. The third-order valence-electron chi connectivity index (χ3n) is 2.99. The van der Waals surface area contributed by atoms with Crippen molar-refractivity contribution in [1.82, 2.24) is 9.80 Å². The zero-order valence-electron chi connectivity index (χ0n) is 11.6. The number of nitrogens with zero attached hydrogens (tertiary/aromatic N) is 2. The molecule has 1 saturated heterocycles. The molecule has 1 fully saturated rings. The van der Waals surface area contributed by atoms with Crippen LogP contribution in [0.25, 0.3) is 0 Å². The van der Waals surface area contributed by atoms with Crippen LogP contribution in [0.3, 0.4) is 0 Å². The Labute approximate surface area is 101 Å². The van der Waals surface area contributed by atoms with Crippen molar-refractivity contribution in [2.75, 3.05) is 27.2 Å². The maximum absolute atomic E-state index is 11.7. The van der Waals surface area contributed by atoms with Crippen molar-refractivity contribution in [3.8, 4) is 0 Å². The number of likely N-dealkylation sites (tertiary alicyclic amines) is 1. The second-order valence-corrected chi connectivity index (χ2v) is 4.35. The summed E-state index contributed by atoms with van der Waals surface area (Å²) in [7, 11) is 4.18. The highest BCUT2D eigenvalue weighted by Crippen LogP contribution is 2.14. The van der Waals surface area contributed by atoms with Crippen molar-refractivity contribution in [2.24, 2.45) is 0 Å². The number of rotatable bonds is 4. The Balaban J connectivity index is 0.00000106. The number of hydrogen-bond acceptors (Lipinski definition) is 2. The number of carbonyl (C=O) groups is 1. The van der Waals surface area contributed by atoms with E-state index in [2.05, 4.69) is 25.9 Å². The van der Waals surface area contributed by atoms with Gasteiger partial charge in [-0.1, -0.05) is 27.2 Å². The zero-order valence-corrected chi connectivity index (χ0v) is 11.6. The van der Waals surface area contributed by atoms with Gasteiger partial charge in [-0.15, -0.1) is 0 Å². The quantitative estimate of drug-likeness (QED) is 0.737. The Morgan fingerprint density at radius 1 is 1.38 bits per heavy atom. The first kappa shape index (κ1) is 15.4. The SMILES string of the molecule is CC.CCCCC(=O)N1CCC(N(C)C)C1. The Kier molecular flexibility index (Phi) is 8.26. The lowest BCUT2D eigenvalue weighted by atomic mass is 10.2. The highest BCUT2D eigenvalue weighted by molar-refractivity contribution is 5.76. The maximum Gasteiger partial charge on any atom is 0.222 e. The fourth-order valence-electron chi connectivity index (χ4n) is 1.88. The van der Waals surface area contributed by atoms with Crippen LogP contribution in [0.1, 0.15) is 46.5 Å². The second-order valence-electron chi connectivity index (χ2n) is 4.35. The molecule has 3 nitrogen and oxygen atoms in total. The molecule has 0 bridgehead atoms. The van der Waals surface area contributed by atoms with Gasteiger partial charge in [-0.25, -0.2) is 0 Å². The van der Waals surface area contributed by atoms with E-state index in [1.165, 1.54) is 0 Å². The van der Waals surface area contributed by atoms with Gasteiger partial charge in [0, 0.05) is 25.6 Å². The van der Waals surface area contributed by atoms with Crippen molar-refractivity contribution in [2.45, 2.75) is 52.5 Å². The minimum Gasteiger partial charge on any atom is -0.341 e. The summed E-state index contributed by atoms with van der Waals surface area (Å²) in [4.78, 5) is 15.9. The first-order valence-corrected chi connectivity index (χ1v) is 6.59. The van der Waals surface area contributed by atoms with Crippen LogP contribution in [0.4, 0.5) is 0 Å². The first-order valence-electron chi connectivity index (χ1n) is 6.59. The summed E-state index contributed by atoms with van der Waals surface area (Å²) in [5, 5.41) is 0. The number of likely N-dealkylation sites (N-methyl/N-ethyl adjacent to an activating group) is 1. The molecule has 1 amide bonds. The lowest BCUT2D eigenvalue weighted by Crippen LogP contribution is -2.34. The average molecular weight is 228 g/mol. The van der Waals surface area contributed by atoms with Crippen LogP contribution >= 0.6 is 0 Å². The van der Waals surface area contributed by atoms with E-state index < -0.39 is 0 Å². The van der Waals surface area contributed by atoms with Crippen molar-refractivity contribution in [3.05, 3.63) is 0 Å². The molecule has 0 aromatic heterocycles. The van der Waals surface area contributed by atoms with Crippen LogP contribution < -0.4 is 0 Å². The standard InChI is InChI=1S/C11H22N2O.C2H6/c1-4-5-6-11(14)13-8-7-10(9-13)12(2)3;1-2/h10H,4-9H2,1-3H3;1-2H3. The Morgan fingerprint density at radius 3 is 2.44 bits per heavy atom. The predicted octanol–water partition coefficient (Wildman–Crippen LogP) is 2.37. The van der Waals surface area contributed by atoms with E-state index in [1.54, 1.807) is 0 Å². The summed E-state index contributed by atoms with van der Waals surface area (Å²) in [6.07, 6.45) is 4.00. The van der Waals surface area contributed by atoms with Crippen LogP contribution in [0, 0.1) is 0 Å². The third kappa shape index (κ3) is 4.97. The molecule has 1 unspecified atom stereocenters. The molecule has 1 aliphatic heterocycles. The summed E-state index contributed by atoms with van der Waals surface area (Å²) < 4.78 is 0. The molecular weight excluding hydrogens is 200 g/mol.